The molecule has 1 rings (SSSR count). The van der Waals surface area contributed by atoms with E-state index in [1.54, 1.807) is 0 Å². The van der Waals surface area contributed by atoms with Gasteiger partial charge in [-0.05, 0) is 17.5 Å². The van der Waals surface area contributed by atoms with Crippen molar-refractivity contribution in [1.29, 1.82) is 0 Å². The molecule has 3 nitrogen and oxygen atoms in total. The van der Waals surface area contributed by atoms with Crippen LogP contribution >= 0.6 is 0 Å². The fraction of sp³-hybridized carbons (Fsp3) is 0.417. The van der Waals surface area contributed by atoms with Gasteiger partial charge >= 0.3 is 0 Å². The number of aryl methyl sites for hydroxylation is 1. The van der Waals surface area contributed by atoms with E-state index in [2.05, 4.69) is 24.4 Å². The van der Waals surface area contributed by atoms with Crippen LogP contribution in [-0.4, -0.2) is 17.6 Å². The third-order valence-electron chi connectivity index (χ3n) is 2.19. The van der Waals surface area contributed by atoms with Crippen LogP contribution in [0, 0.1) is 0 Å². The summed E-state index contributed by atoms with van der Waals surface area (Å²) in [6.45, 7) is 2.18. The van der Waals surface area contributed by atoms with Gasteiger partial charge in [0.2, 0.25) is 5.91 Å². The smallest absolute Gasteiger partial charge is 0.245 e. The molecular weight excluding hydrogens is 190 g/mol. The van der Waals surface area contributed by atoms with Crippen LogP contribution in [0.4, 0.5) is 0 Å². The lowest BCUT2D eigenvalue weighted by atomic mass is 10.1. The van der Waals surface area contributed by atoms with Crippen molar-refractivity contribution in [3.63, 3.8) is 0 Å². The topological polar surface area (TPSA) is 49.3 Å². The van der Waals surface area contributed by atoms with Crippen LogP contribution in [0.5, 0.6) is 0 Å². The molecular formula is C12H17NO2. The third-order valence-corrected chi connectivity index (χ3v) is 2.19. The molecule has 0 unspecified atom stereocenters. The second-order valence-corrected chi connectivity index (χ2v) is 3.50. The molecule has 0 radical (unpaired) electrons. The molecule has 0 spiro atoms. The van der Waals surface area contributed by atoms with Crippen molar-refractivity contribution in [1.82, 2.24) is 5.32 Å². The summed E-state index contributed by atoms with van der Waals surface area (Å²) >= 11 is 0. The Morgan fingerprint density at radius 2 is 1.87 bits per heavy atom. The first-order chi connectivity index (χ1) is 7.26. The van der Waals surface area contributed by atoms with E-state index >= 15 is 0 Å². The molecule has 2 N–H and O–H groups in total. The summed E-state index contributed by atoms with van der Waals surface area (Å²) in [5.41, 5.74) is 2.37. The zero-order valence-electron chi connectivity index (χ0n) is 8.99. The average molecular weight is 207 g/mol. The van der Waals surface area contributed by atoms with Crippen LogP contribution in [-0.2, 0) is 17.8 Å². The van der Waals surface area contributed by atoms with Crippen molar-refractivity contribution in [2.45, 2.75) is 26.3 Å². The molecule has 1 aromatic rings. The predicted octanol–water partition coefficient (Wildman–Crippen LogP) is 1.25. The second-order valence-electron chi connectivity index (χ2n) is 3.50. The number of aliphatic hydroxyl groups excluding tert-OH is 1. The fourth-order valence-corrected chi connectivity index (χ4v) is 1.37. The van der Waals surface area contributed by atoms with Crippen molar-refractivity contribution < 1.29 is 9.90 Å². The van der Waals surface area contributed by atoms with Gasteiger partial charge in [0.15, 0.2) is 0 Å². The maximum Gasteiger partial charge on any atom is 0.245 e. The van der Waals surface area contributed by atoms with E-state index in [-0.39, 0.29) is 5.91 Å². The molecule has 0 saturated heterocycles. The van der Waals surface area contributed by atoms with Crippen molar-refractivity contribution in [2.75, 3.05) is 6.61 Å². The number of carbonyl (C=O) groups is 1. The summed E-state index contributed by atoms with van der Waals surface area (Å²) in [6.07, 6.45) is 2.23. The zero-order valence-corrected chi connectivity index (χ0v) is 8.99. The SMILES string of the molecule is CCCc1ccc(CNC(=O)CO)cc1. The lowest BCUT2D eigenvalue weighted by Crippen LogP contribution is -2.25. The Morgan fingerprint density at radius 1 is 1.27 bits per heavy atom. The highest BCUT2D eigenvalue weighted by Crippen LogP contribution is 2.06. The average Bonchev–Trinajstić information content (AvgIpc) is 2.28. The summed E-state index contributed by atoms with van der Waals surface area (Å²) in [6, 6.07) is 8.15. The van der Waals surface area contributed by atoms with Gasteiger partial charge in [0.25, 0.3) is 0 Å². The van der Waals surface area contributed by atoms with Crippen LogP contribution in [0.2, 0.25) is 0 Å². The van der Waals surface area contributed by atoms with Gasteiger partial charge < -0.3 is 10.4 Å². The number of carbonyl (C=O) groups excluding carboxylic acids is 1. The maximum absolute atomic E-state index is 10.8. The van der Waals surface area contributed by atoms with Crippen LogP contribution < -0.4 is 5.32 Å². The number of aliphatic hydroxyl groups is 1. The minimum absolute atomic E-state index is 0.340. The Labute approximate surface area is 90.1 Å². The molecule has 0 saturated carbocycles. The molecule has 15 heavy (non-hydrogen) atoms. The lowest BCUT2D eigenvalue weighted by molar-refractivity contribution is -0.123. The van der Waals surface area contributed by atoms with Crippen molar-refractivity contribution in [3.05, 3.63) is 35.4 Å². The first kappa shape index (κ1) is 11.7. The van der Waals surface area contributed by atoms with E-state index in [1.165, 1.54) is 5.56 Å². The number of benzene rings is 1. The minimum Gasteiger partial charge on any atom is -0.387 e. The first-order valence-electron chi connectivity index (χ1n) is 5.21. The summed E-state index contributed by atoms with van der Waals surface area (Å²) in [5.74, 6) is -0.340. The Bertz CT molecular complexity index is 306. The molecule has 1 amide bonds. The van der Waals surface area contributed by atoms with Gasteiger partial charge in [-0.3, -0.25) is 4.79 Å². The molecule has 1 aromatic carbocycles. The summed E-state index contributed by atoms with van der Waals surface area (Å²) < 4.78 is 0. The van der Waals surface area contributed by atoms with Gasteiger partial charge in [-0.25, -0.2) is 0 Å². The summed E-state index contributed by atoms with van der Waals surface area (Å²) in [4.78, 5) is 10.8. The van der Waals surface area contributed by atoms with Crippen LogP contribution in [0.15, 0.2) is 24.3 Å². The van der Waals surface area contributed by atoms with E-state index in [9.17, 15) is 4.79 Å². The first-order valence-corrected chi connectivity index (χ1v) is 5.21. The number of hydrogen-bond donors (Lipinski definition) is 2. The zero-order chi connectivity index (χ0) is 11.1. The Kier molecular flexibility index (Phi) is 4.84. The Morgan fingerprint density at radius 3 is 2.40 bits per heavy atom. The molecule has 3 heteroatoms. The summed E-state index contributed by atoms with van der Waals surface area (Å²) in [7, 11) is 0. The Hall–Kier alpha value is -1.35. The van der Waals surface area contributed by atoms with E-state index in [4.69, 9.17) is 5.11 Å². The molecule has 0 aromatic heterocycles. The number of hydrogen-bond acceptors (Lipinski definition) is 2. The molecule has 0 aliphatic rings. The summed E-state index contributed by atoms with van der Waals surface area (Å²) in [5, 5.41) is 11.1. The molecule has 82 valence electrons. The number of rotatable bonds is 5. The number of amides is 1. The molecule has 0 heterocycles. The van der Waals surface area contributed by atoms with Gasteiger partial charge in [0.05, 0.1) is 0 Å². The maximum atomic E-state index is 10.8. The van der Waals surface area contributed by atoms with Crippen molar-refractivity contribution >= 4 is 5.91 Å². The predicted molar refractivity (Wildman–Crippen MR) is 59.4 cm³/mol. The molecule has 0 atom stereocenters. The van der Waals surface area contributed by atoms with Crippen LogP contribution in [0.3, 0.4) is 0 Å². The lowest BCUT2D eigenvalue weighted by Gasteiger charge is -2.04. The van der Waals surface area contributed by atoms with Crippen molar-refractivity contribution in [2.24, 2.45) is 0 Å². The Balaban J connectivity index is 2.45. The standard InChI is InChI=1S/C12H17NO2/c1-2-3-10-4-6-11(7-5-10)8-13-12(15)9-14/h4-7,14H,2-3,8-9H2,1H3,(H,13,15). The largest absolute Gasteiger partial charge is 0.387 e. The highest BCUT2D eigenvalue weighted by atomic mass is 16.3. The monoisotopic (exact) mass is 207 g/mol. The second kappa shape index (κ2) is 6.19. The van der Waals surface area contributed by atoms with Crippen LogP contribution in [0.1, 0.15) is 24.5 Å². The third kappa shape index (κ3) is 4.13. The molecule has 0 aliphatic carbocycles. The van der Waals surface area contributed by atoms with Gasteiger partial charge in [-0.2, -0.15) is 0 Å². The molecule has 0 aliphatic heterocycles. The quantitative estimate of drug-likeness (QED) is 0.763. The molecule has 0 fully saturated rings. The normalized spacial score (nSPS) is 10.0. The van der Waals surface area contributed by atoms with Crippen molar-refractivity contribution in [3.8, 4) is 0 Å². The van der Waals surface area contributed by atoms with Gasteiger partial charge in [0, 0.05) is 6.54 Å². The van der Waals surface area contributed by atoms with E-state index < -0.39 is 6.61 Å². The van der Waals surface area contributed by atoms with Gasteiger partial charge in [0.1, 0.15) is 6.61 Å². The van der Waals surface area contributed by atoms with E-state index in [0.29, 0.717) is 6.54 Å². The van der Waals surface area contributed by atoms with Gasteiger partial charge in [-0.15, -0.1) is 0 Å². The minimum atomic E-state index is -0.450. The molecule has 0 bridgehead atoms. The van der Waals surface area contributed by atoms with Crippen LogP contribution in [0.25, 0.3) is 0 Å². The number of nitrogens with one attached hydrogen (secondary N) is 1. The highest BCUT2D eigenvalue weighted by molar-refractivity contribution is 5.76. The highest BCUT2D eigenvalue weighted by Gasteiger charge is 1.98. The van der Waals surface area contributed by atoms with E-state index in [1.807, 2.05) is 12.1 Å². The van der Waals surface area contributed by atoms with Gasteiger partial charge in [-0.1, -0.05) is 37.6 Å². The fourth-order valence-electron chi connectivity index (χ4n) is 1.37. The van der Waals surface area contributed by atoms with E-state index in [0.717, 1.165) is 18.4 Å².